The maximum absolute atomic E-state index is 10.8. The summed E-state index contributed by atoms with van der Waals surface area (Å²) in [6.45, 7) is 0. The van der Waals surface area contributed by atoms with Gasteiger partial charge in [0.05, 0.1) is 12.7 Å². The zero-order valence-corrected chi connectivity index (χ0v) is 8.97. The van der Waals surface area contributed by atoms with Gasteiger partial charge in [-0.25, -0.2) is 4.79 Å². The lowest BCUT2D eigenvalue weighted by Crippen LogP contribution is -1.96. The van der Waals surface area contributed by atoms with Gasteiger partial charge in [0.1, 0.15) is 5.75 Å². The van der Waals surface area contributed by atoms with Gasteiger partial charge in [0, 0.05) is 5.39 Å². The number of aromatic hydroxyl groups is 2. The summed E-state index contributed by atoms with van der Waals surface area (Å²) in [5, 5.41) is 28.9. The number of carboxylic acids is 1. The SMILES string of the molecule is COc1cc2cc(C(=O)O)cc(O)c2cc1O. The van der Waals surface area contributed by atoms with Crippen LogP contribution in [0, 0.1) is 0 Å². The fourth-order valence-corrected chi connectivity index (χ4v) is 1.65. The fourth-order valence-electron chi connectivity index (χ4n) is 1.65. The minimum absolute atomic E-state index is 0.0252. The van der Waals surface area contributed by atoms with E-state index in [1.807, 2.05) is 0 Å². The van der Waals surface area contributed by atoms with Crippen molar-refractivity contribution in [1.29, 1.82) is 0 Å². The molecule has 5 heteroatoms. The molecule has 0 radical (unpaired) electrons. The summed E-state index contributed by atoms with van der Waals surface area (Å²) in [4.78, 5) is 10.8. The molecule has 0 spiro atoms. The van der Waals surface area contributed by atoms with Gasteiger partial charge in [0.25, 0.3) is 0 Å². The molecular weight excluding hydrogens is 224 g/mol. The van der Waals surface area contributed by atoms with Gasteiger partial charge in [0.2, 0.25) is 0 Å². The van der Waals surface area contributed by atoms with E-state index < -0.39 is 5.97 Å². The van der Waals surface area contributed by atoms with Crippen molar-refractivity contribution in [2.75, 3.05) is 7.11 Å². The molecule has 2 rings (SSSR count). The number of rotatable bonds is 2. The van der Waals surface area contributed by atoms with Crippen molar-refractivity contribution >= 4 is 16.7 Å². The van der Waals surface area contributed by atoms with Crippen LogP contribution < -0.4 is 4.74 Å². The monoisotopic (exact) mass is 234 g/mol. The Hall–Kier alpha value is -2.43. The van der Waals surface area contributed by atoms with Gasteiger partial charge in [-0.3, -0.25) is 0 Å². The van der Waals surface area contributed by atoms with E-state index >= 15 is 0 Å². The number of carbonyl (C=O) groups is 1. The Morgan fingerprint density at radius 3 is 2.41 bits per heavy atom. The van der Waals surface area contributed by atoms with Crippen molar-refractivity contribution in [3.05, 3.63) is 29.8 Å². The summed E-state index contributed by atoms with van der Waals surface area (Å²) in [7, 11) is 1.39. The molecule has 0 aliphatic rings. The van der Waals surface area contributed by atoms with Crippen molar-refractivity contribution in [3.8, 4) is 17.2 Å². The van der Waals surface area contributed by atoms with Gasteiger partial charge >= 0.3 is 5.97 Å². The van der Waals surface area contributed by atoms with E-state index in [1.54, 1.807) is 0 Å². The highest BCUT2D eigenvalue weighted by Crippen LogP contribution is 2.35. The quantitative estimate of drug-likeness (QED) is 0.739. The number of phenolic OH excluding ortho intramolecular Hbond substituents is 2. The third kappa shape index (κ3) is 1.82. The molecule has 0 amide bonds. The minimum Gasteiger partial charge on any atom is -0.507 e. The molecule has 0 aliphatic carbocycles. The molecule has 0 atom stereocenters. The first-order valence-corrected chi connectivity index (χ1v) is 4.80. The Kier molecular flexibility index (Phi) is 2.51. The summed E-state index contributed by atoms with van der Waals surface area (Å²) >= 11 is 0. The second-order valence-corrected chi connectivity index (χ2v) is 3.55. The summed E-state index contributed by atoms with van der Waals surface area (Å²) in [5.74, 6) is -1.22. The maximum atomic E-state index is 10.8. The van der Waals surface area contributed by atoms with Gasteiger partial charge in [-0.2, -0.15) is 0 Å². The lowest BCUT2D eigenvalue weighted by atomic mass is 10.0. The molecule has 0 heterocycles. The van der Waals surface area contributed by atoms with Crippen molar-refractivity contribution in [3.63, 3.8) is 0 Å². The molecule has 17 heavy (non-hydrogen) atoms. The van der Waals surface area contributed by atoms with Crippen molar-refractivity contribution in [1.82, 2.24) is 0 Å². The minimum atomic E-state index is -1.13. The number of aromatic carboxylic acids is 1. The van der Waals surface area contributed by atoms with Crippen molar-refractivity contribution in [2.45, 2.75) is 0 Å². The normalized spacial score (nSPS) is 10.4. The molecule has 88 valence electrons. The number of fused-ring (bicyclic) bond motifs is 1. The summed E-state index contributed by atoms with van der Waals surface area (Å²) in [5.41, 5.74) is -0.0252. The van der Waals surface area contributed by atoms with Gasteiger partial charge in [-0.05, 0) is 29.7 Å². The summed E-state index contributed by atoms with van der Waals surface area (Å²) < 4.78 is 4.91. The van der Waals surface area contributed by atoms with Crippen LogP contribution >= 0.6 is 0 Å². The number of phenols is 2. The van der Waals surface area contributed by atoms with Crippen LogP contribution in [0.25, 0.3) is 10.8 Å². The van der Waals surface area contributed by atoms with Crippen LogP contribution in [0.3, 0.4) is 0 Å². The number of carboxylic acid groups (broad SMARTS) is 1. The molecule has 0 bridgehead atoms. The van der Waals surface area contributed by atoms with Crippen LogP contribution in [0.5, 0.6) is 17.2 Å². The van der Waals surface area contributed by atoms with E-state index in [0.29, 0.717) is 10.8 Å². The van der Waals surface area contributed by atoms with Crippen LogP contribution in [-0.2, 0) is 0 Å². The molecule has 0 aliphatic heterocycles. The third-order valence-electron chi connectivity index (χ3n) is 2.48. The predicted molar refractivity (Wildman–Crippen MR) is 60.8 cm³/mol. The van der Waals surface area contributed by atoms with E-state index in [-0.39, 0.29) is 22.8 Å². The number of benzene rings is 2. The number of ether oxygens (including phenoxy) is 1. The van der Waals surface area contributed by atoms with E-state index in [9.17, 15) is 15.0 Å². The average molecular weight is 234 g/mol. The fraction of sp³-hybridized carbons (Fsp3) is 0.0833. The average Bonchev–Trinajstić information content (AvgIpc) is 2.29. The topological polar surface area (TPSA) is 87.0 Å². The summed E-state index contributed by atoms with van der Waals surface area (Å²) in [6.07, 6.45) is 0. The smallest absolute Gasteiger partial charge is 0.335 e. The van der Waals surface area contributed by atoms with Gasteiger partial charge in [-0.1, -0.05) is 0 Å². The number of hydrogen-bond acceptors (Lipinski definition) is 4. The van der Waals surface area contributed by atoms with Crippen LogP contribution in [0.4, 0.5) is 0 Å². The molecule has 0 unspecified atom stereocenters. The molecule has 0 saturated heterocycles. The van der Waals surface area contributed by atoms with Gasteiger partial charge < -0.3 is 20.1 Å². The number of hydrogen-bond donors (Lipinski definition) is 3. The second-order valence-electron chi connectivity index (χ2n) is 3.55. The van der Waals surface area contributed by atoms with Crippen molar-refractivity contribution < 1.29 is 24.9 Å². The summed E-state index contributed by atoms with van der Waals surface area (Å²) in [6, 6.07) is 5.34. The first-order valence-electron chi connectivity index (χ1n) is 4.80. The first-order chi connectivity index (χ1) is 8.02. The van der Waals surface area contributed by atoms with Crippen LogP contribution in [0.1, 0.15) is 10.4 Å². The van der Waals surface area contributed by atoms with E-state index in [1.165, 1.54) is 25.3 Å². The Bertz CT molecular complexity index is 603. The third-order valence-corrected chi connectivity index (χ3v) is 2.48. The molecule has 0 aromatic heterocycles. The maximum Gasteiger partial charge on any atom is 0.335 e. The number of methoxy groups -OCH3 is 1. The molecule has 3 N–H and O–H groups in total. The van der Waals surface area contributed by atoms with Gasteiger partial charge in [-0.15, -0.1) is 0 Å². The standard InChI is InChI=1S/C12H10O5/c1-17-11-4-6-2-7(12(15)16)3-9(13)8(6)5-10(11)14/h2-5,13-14H,1H3,(H,15,16). The Balaban J connectivity index is 2.78. The molecular formula is C12H10O5. The predicted octanol–water partition coefficient (Wildman–Crippen LogP) is 1.96. The van der Waals surface area contributed by atoms with Crippen LogP contribution in [0.2, 0.25) is 0 Å². The molecule has 2 aromatic carbocycles. The highest BCUT2D eigenvalue weighted by Gasteiger charge is 2.11. The van der Waals surface area contributed by atoms with E-state index in [4.69, 9.17) is 9.84 Å². The van der Waals surface area contributed by atoms with E-state index in [2.05, 4.69) is 0 Å². The van der Waals surface area contributed by atoms with Gasteiger partial charge in [0.15, 0.2) is 11.5 Å². The Morgan fingerprint density at radius 1 is 1.12 bits per heavy atom. The lowest BCUT2D eigenvalue weighted by molar-refractivity contribution is 0.0696. The van der Waals surface area contributed by atoms with E-state index in [0.717, 1.165) is 6.07 Å². The highest BCUT2D eigenvalue weighted by molar-refractivity contribution is 5.98. The van der Waals surface area contributed by atoms with Crippen molar-refractivity contribution in [2.24, 2.45) is 0 Å². The zero-order valence-electron chi connectivity index (χ0n) is 8.97. The lowest BCUT2D eigenvalue weighted by Gasteiger charge is -2.08. The largest absolute Gasteiger partial charge is 0.507 e. The molecule has 2 aromatic rings. The molecule has 0 saturated carbocycles. The molecule has 5 nitrogen and oxygen atoms in total. The van der Waals surface area contributed by atoms with Crippen LogP contribution in [0.15, 0.2) is 24.3 Å². The second kappa shape index (κ2) is 3.86. The Morgan fingerprint density at radius 2 is 1.82 bits per heavy atom. The first kappa shape index (κ1) is 11.1. The highest BCUT2D eigenvalue weighted by atomic mass is 16.5. The Labute approximate surface area is 96.5 Å². The zero-order chi connectivity index (χ0) is 12.6. The van der Waals surface area contributed by atoms with Crippen LogP contribution in [-0.4, -0.2) is 28.4 Å². The molecule has 0 fully saturated rings.